The van der Waals surface area contributed by atoms with Gasteiger partial charge in [0.15, 0.2) is 0 Å². The van der Waals surface area contributed by atoms with Crippen molar-refractivity contribution in [3.63, 3.8) is 0 Å². The summed E-state index contributed by atoms with van der Waals surface area (Å²) < 4.78 is 39.1. The van der Waals surface area contributed by atoms with Gasteiger partial charge >= 0.3 is 6.18 Å². The zero-order valence-electron chi connectivity index (χ0n) is 11.0. The number of benzene rings is 2. The van der Waals surface area contributed by atoms with Crippen LogP contribution in [0.5, 0.6) is 0 Å². The molecule has 2 aromatic rings. The van der Waals surface area contributed by atoms with E-state index < -0.39 is 18.6 Å². The van der Waals surface area contributed by atoms with Crippen molar-refractivity contribution < 1.29 is 13.2 Å². The second-order valence-corrected chi connectivity index (χ2v) is 5.47. The summed E-state index contributed by atoms with van der Waals surface area (Å²) in [5.41, 5.74) is 0.683. The molecule has 0 radical (unpaired) electrons. The molecule has 0 saturated carbocycles. The third-order valence-electron chi connectivity index (χ3n) is 3.17. The fraction of sp³-hybridized carbons (Fsp3) is 0.333. The minimum absolute atomic E-state index is 0.491. The Balaban J connectivity index is 2.51. The summed E-state index contributed by atoms with van der Waals surface area (Å²) >= 11 is 3.44. The number of fused-ring (bicyclic) bond motifs is 1. The molecule has 0 aliphatic carbocycles. The Morgan fingerprint density at radius 2 is 1.75 bits per heavy atom. The second-order valence-electron chi connectivity index (χ2n) is 4.61. The van der Waals surface area contributed by atoms with Crippen molar-refractivity contribution in [2.24, 2.45) is 0 Å². The lowest BCUT2D eigenvalue weighted by molar-refractivity contribution is -0.140. The van der Waals surface area contributed by atoms with Gasteiger partial charge in [-0.2, -0.15) is 13.2 Å². The minimum atomic E-state index is -4.19. The van der Waals surface area contributed by atoms with Crippen LogP contribution in [-0.2, 0) is 0 Å². The summed E-state index contributed by atoms with van der Waals surface area (Å²) in [6.07, 6.45) is -5.06. The van der Waals surface area contributed by atoms with Crippen LogP contribution in [0.1, 0.15) is 24.9 Å². The molecular weight excluding hydrogens is 331 g/mol. The van der Waals surface area contributed by atoms with Crippen LogP contribution in [0.2, 0.25) is 0 Å². The molecule has 108 valence electrons. The summed E-state index contributed by atoms with van der Waals surface area (Å²) in [6.45, 7) is 2.30. The van der Waals surface area contributed by atoms with Crippen LogP contribution in [0.25, 0.3) is 10.8 Å². The lowest BCUT2D eigenvalue weighted by atomic mass is 9.96. The van der Waals surface area contributed by atoms with E-state index in [4.69, 9.17) is 0 Å². The fourth-order valence-electron chi connectivity index (χ4n) is 2.36. The molecule has 1 nitrogen and oxygen atoms in total. The molecule has 0 fully saturated rings. The Morgan fingerprint density at radius 1 is 1.10 bits per heavy atom. The topological polar surface area (TPSA) is 12.0 Å². The van der Waals surface area contributed by atoms with E-state index >= 15 is 0 Å². The number of hydrogen-bond acceptors (Lipinski definition) is 1. The first-order valence-corrected chi connectivity index (χ1v) is 7.19. The summed E-state index contributed by atoms with van der Waals surface area (Å²) in [5, 5.41) is 4.70. The number of hydrogen-bond donors (Lipinski definition) is 1. The molecule has 2 aromatic carbocycles. The van der Waals surface area contributed by atoms with E-state index in [1.54, 1.807) is 12.1 Å². The van der Waals surface area contributed by atoms with Crippen molar-refractivity contribution in [2.45, 2.75) is 25.6 Å². The van der Waals surface area contributed by atoms with E-state index in [1.807, 2.05) is 31.2 Å². The number of halogens is 4. The average molecular weight is 346 g/mol. The third kappa shape index (κ3) is 3.52. The van der Waals surface area contributed by atoms with Crippen molar-refractivity contribution in [3.8, 4) is 0 Å². The highest BCUT2D eigenvalue weighted by atomic mass is 79.9. The maximum Gasteiger partial charge on any atom is 0.390 e. The summed E-state index contributed by atoms with van der Waals surface area (Å²) in [4.78, 5) is 0. The van der Waals surface area contributed by atoms with Crippen LogP contribution in [0.4, 0.5) is 13.2 Å². The van der Waals surface area contributed by atoms with Crippen molar-refractivity contribution in [2.75, 3.05) is 6.54 Å². The van der Waals surface area contributed by atoms with Gasteiger partial charge in [-0.25, -0.2) is 0 Å². The molecule has 0 aliphatic heterocycles. The second kappa shape index (κ2) is 6.14. The Kier molecular flexibility index (Phi) is 4.70. The maximum absolute atomic E-state index is 12.7. The molecule has 0 amide bonds. The first-order chi connectivity index (χ1) is 9.42. The molecule has 1 N–H and O–H groups in total. The maximum atomic E-state index is 12.7. The SMILES string of the molecule is CCNC(CC(F)(F)F)c1ccc(Br)c2ccccc12. The molecule has 0 saturated heterocycles. The van der Waals surface area contributed by atoms with Crippen LogP contribution in [0, 0.1) is 0 Å². The minimum Gasteiger partial charge on any atom is -0.310 e. The van der Waals surface area contributed by atoms with E-state index in [2.05, 4.69) is 21.2 Å². The van der Waals surface area contributed by atoms with Gasteiger partial charge in [0.25, 0.3) is 0 Å². The van der Waals surface area contributed by atoms with Crippen LogP contribution in [0.15, 0.2) is 40.9 Å². The van der Waals surface area contributed by atoms with Crippen molar-refractivity contribution in [3.05, 3.63) is 46.4 Å². The van der Waals surface area contributed by atoms with Crippen LogP contribution < -0.4 is 5.32 Å². The molecule has 5 heteroatoms. The summed E-state index contributed by atoms with van der Waals surface area (Å²) in [5.74, 6) is 0. The lowest BCUT2D eigenvalue weighted by Crippen LogP contribution is -2.26. The molecule has 1 atom stereocenters. The average Bonchev–Trinajstić information content (AvgIpc) is 2.37. The van der Waals surface area contributed by atoms with Crippen molar-refractivity contribution in [1.82, 2.24) is 5.32 Å². The van der Waals surface area contributed by atoms with Gasteiger partial charge in [0.2, 0.25) is 0 Å². The molecule has 2 rings (SSSR count). The van der Waals surface area contributed by atoms with Gasteiger partial charge < -0.3 is 5.32 Å². The Labute approximate surface area is 124 Å². The number of nitrogens with one attached hydrogen (secondary N) is 1. The summed E-state index contributed by atoms with van der Waals surface area (Å²) in [7, 11) is 0. The smallest absolute Gasteiger partial charge is 0.310 e. The van der Waals surface area contributed by atoms with E-state index in [-0.39, 0.29) is 0 Å². The van der Waals surface area contributed by atoms with E-state index in [0.717, 1.165) is 15.2 Å². The molecule has 0 aromatic heterocycles. The van der Waals surface area contributed by atoms with Crippen LogP contribution in [-0.4, -0.2) is 12.7 Å². The molecule has 1 unspecified atom stereocenters. The number of rotatable bonds is 4. The highest BCUT2D eigenvalue weighted by Crippen LogP contribution is 2.35. The van der Waals surface area contributed by atoms with Gasteiger partial charge in [-0.05, 0) is 28.9 Å². The molecular formula is C15H15BrF3N. The Morgan fingerprint density at radius 3 is 2.35 bits per heavy atom. The number of alkyl halides is 3. The highest BCUT2D eigenvalue weighted by Gasteiger charge is 2.32. The van der Waals surface area contributed by atoms with Crippen molar-refractivity contribution >= 4 is 26.7 Å². The predicted octanol–water partition coefficient (Wildman–Crippen LogP) is 5.21. The molecule has 0 bridgehead atoms. The fourth-order valence-corrected chi connectivity index (χ4v) is 2.84. The lowest BCUT2D eigenvalue weighted by Gasteiger charge is -2.22. The first kappa shape index (κ1) is 15.3. The Bertz CT molecular complexity index is 595. The summed E-state index contributed by atoms with van der Waals surface area (Å²) in [6, 6.07) is 10.3. The quantitative estimate of drug-likeness (QED) is 0.802. The van der Waals surface area contributed by atoms with E-state index in [9.17, 15) is 13.2 Å². The van der Waals surface area contributed by atoms with E-state index in [1.165, 1.54) is 0 Å². The predicted molar refractivity (Wildman–Crippen MR) is 78.7 cm³/mol. The standard InChI is InChI=1S/C15H15BrF3N/c1-2-20-14(9-15(17,18)19)12-7-8-13(16)11-6-4-3-5-10(11)12/h3-8,14,20H,2,9H2,1H3. The van der Waals surface area contributed by atoms with Gasteiger partial charge in [-0.1, -0.05) is 53.2 Å². The first-order valence-electron chi connectivity index (χ1n) is 6.39. The van der Waals surface area contributed by atoms with Gasteiger partial charge in [0.1, 0.15) is 0 Å². The van der Waals surface area contributed by atoms with Gasteiger partial charge in [-0.3, -0.25) is 0 Å². The highest BCUT2D eigenvalue weighted by molar-refractivity contribution is 9.10. The molecule has 20 heavy (non-hydrogen) atoms. The van der Waals surface area contributed by atoms with Gasteiger partial charge in [-0.15, -0.1) is 0 Å². The zero-order chi connectivity index (χ0) is 14.8. The van der Waals surface area contributed by atoms with Gasteiger partial charge in [0, 0.05) is 10.5 Å². The normalized spacial score (nSPS) is 13.7. The van der Waals surface area contributed by atoms with Crippen LogP contribution in [0.3, 0.4) is 0 Å². The zero-order valence-corrected chi connectivity index (χ0v) is 12.6. The molecule has 0 aliphatic rings. The Hall–Kier alpha value is -1.07. The molecule has 0 heterocycles. The molecule has 0 spiro atoms. The monoisotopic (exact) mass is 345 g/mol. The van der Waals surface area contributed by atoms with Gasteiger partial charge in [0.05, 0.1) is 6.42 Å². The van der Waals surface area contributed by atoms with Crippen molar-refractivity contribution in [1.29, 1.82) is 0 Å². The largest absolute Gasteiger partial charge is 0.390 e. The van der Waals surface area contributed by atoms with E-state index in [0.29, 0.717) is 12.1 Å². The van der Waals surface area contributed by atoms with Crippen LogP contribution >= 0.6 is 15.9 Å². The third-order valence-corrected chi connectivity index (χ3v) is 3.86.